The Labute approximate surface area is 93.9 Å². The monoisotopic (exact) mass is 224 g/mol. The zero-order valence-electron chi connectivity index (χ0n) is 9.87. The van der Waals surface area contributed by atoms with Gasteiger partial charge >= 0.3 is 5.97 Å². The van der Waals surface area contributed by atoms with Crippen LogP contribution in [0.15, 0.2) is 10.7 Å². The van der Waals surface area contributed by atoms with Crippen LogP contribution in [0.3, 0.4) is 0 Å². The lowest BCUT2D eigenvalue weighted by Gasteiger charge is -2.02. The van der Waals surface area contributed by atoms with E-state index in [9.17, 15) is 4.79 Å². The molecule has 1 aromatic rings. The van der Waals surface area contributed by atoms with Crippen molar-refractivity contribution in [3.63, 3.8) is 0 Å². The molecule has 0 aliphatic heterocycles. The molecule has 16 heavy (non-hydrogen) atoms. The number of nitrogens with one attached hydrogen (secondary N) is 1. The smallest absolute Gasteiger partial charge is 0.357 e. The van der Waals surface area contributed by atoms with Crippen molar-refractivity contribution in [1.82, 2.24) is 4.98 Å². The van der Waals surface area contributed by atoms with Crippen molar-refractivity contribution in [2.75, 3.05) is 5.32 Å². The molecule has 0 atom stereocenters. The highest BCUT2D eigenvalue weighted by Gasteiger charge is 2.65. The number of rotatable bonds is 3. The van der Waals surface area contributed by atoms with E-state index in [1.165, 1.54) is 0 Å². The number of anilines is 1. The molecule has 2 N–H and O–H groups in total. The van der Waals surface area contributed by atoms with E-state index in [-0.39, 0.29) is 28.6 Å². The van der Waals surface area contributed by atoms with Crippen molar-refractivity contribution in [2.24, 2.45) is 10.8 Å². The summed E-state index contributed by atoms with van der Waals surface area (Å²) in [5, 5.41) is 11.8. The summed E-state index contributed by atoms with van der Waals surface area (Å²) in [6.07, 6.45) is 1.15. The summed E-state index contributed by atoms with van der Waals surface area (Å²) in [5.74, 6) is -1.08. The number of carbonyl (C=O) groups is 1. The zero-order valence-corrected chi connectivity index (χ0v) is 9.87. The third kappa shape index (κ3) is 1.38. The molecular formula is C11H16N2O3. The van der Waals surface area contributed by atoms with Gasteiger partial charge in [0.15, 0.2) is 5.69 Å². The van der Waals surface area contributed by atoms with E-state index in [2.05, 4.69) is 38.0 Å². The standard InChI is InChI=1S/C11H16N2O3/c1-10(2)8(11(10,3)4)13-9-12-6(5-16-9)7(14)15/h5,8H,1-4H3,(H,12,13)(H,14,15). The van der Waals surface area contributed by atoms with Crippen LogP contribution in [0.25, 0.3) is 0 Å². The van der Waals surface area contributed by atoms with Crippen LogP contribution in [0.5, 0.6) is 0 Å². The van der Waals surface area contributed by atoms with E-state index < -0.39 is 5.97 Å². The first-order valence-corrected chi connectivity index (χ1v) is 5.22. The Bertz CT molecular complexity index is 420. The molecule has 0 saturated heterocycles. The van der Waals surface area contributed by atoms with Gasteiger partial charge in [0.25, 0.3) is 6.01 Å². The van der Waals surface area contributed by atoms with Crippen molar-refractivity contribution in [3.8, 4) is 0 Å². The van der Waals surface area contributed by atoms with Crippen LogP contribution >= 0.6 is 0 Å². The predicted molar refractivity (Wildman–Crippen MR) is 58.4 cm³/mol. The molecule has 1 heterocycles. The molecule has 1 aliphatic carbocycles. The zero-order chi connectivity index (χ0) is 12.1. The van der Waals surface area contributed by atoms with Gasteiger partial charge in [0.05, 0.1) is 0 Å². The molecule has 2 rings (SSSR count). The number of nitrogens with zero attached hydrogens (tertiary/aromatic N) is 1. The van der Waals surface area contributed by atoms with Crippen LogP contribution in [0.4, 0.5) is 6.01 Å². The average Bonchev–Trinajstić information content (AvgIpc) is 2.60. The van der Waals surface area contributed by atoms with E-state index in [0.717, 1.165) is 6.26 Å². The Hall–Kier alpha value is -1.52. The van der Waals surface area contributed by atoms with Crippen LogP contribution in [0.1, 0.15) is 38.2 Å². The Morgan fingerprint density at radius 1 is 1.44 bits per heavy atom. The van der Waals surface area contributed by atoms with Gasteiger partial charge in [-0.05, 0) is 10.8 Å². The molecule has 1 aromatic heterocycles. The second-order valence-corrected chi connectivity index (χ2v) is 5.36. The third-order valence-corrected chi connectivity index (χ3v) is 4.01. The minimum absolute atomic E-state index is 0.0706. The van der Waals surface area contributed by atoms with Gasteiger partial charge < -0.3 is 14.8 Å². The third-order valence-electron chi connectivity index (χ3n) is 4.01. The Balaban J connectivity index is 2.09. The van der Waals surface area contributed by atoms with Gasteiger partial charge in [-0.25, -0.2) is 4.79 Å². The summed E-state index contributed by atoms with van der Waals surface area (Å²) < 4.78 is 5.06. The number of hydrogen-bond acceptors (Lipinski definition) is 4. The first-order chi connectivity index (χ1) is 7.26. The molecule has 0 aromatic carbocycles. The fourth-order valence-electron chi connectivity index (χ4n) is 2.12. The lowest BCUT2D eigenvalue weighted by Crippen LogP contribution is -2.10. The van der Waals surface area contributed by atoms with Crippen molar-refractivity contribution in [1.29, 1.82) is 0 Å². The van der Waals surface area contributed by atoms with E-state index >= 15 is 0 Å². The first kappa shape index (κ1) is 11.0. The van der Waals surface area contributed by atoms with Gasteiger partial charge in [-0.3, -0.25) is 0 Å². The Morgan fingerprint density at radius 3 is 2.38 bits per heavy atom. The fraction of sp³-hybridized carbons (Fsp3) is 0.636. The first-order valence-electron chi connectivity index (χ1n) is 5.22. The molecule has 0 bridgehead atoms. The highest BCUT2D eigenvalue weighted by molar-refractivity contribution is 5.85. The maximum atomic E-state index is 10.6. The van der Waals surface area contributed by atoms with Crippen LogP contribution in [-0.2, 0) is 0 Å². The number of carboxylic acids is 1. The van der Waals surface area contributed by atoms with Gasteiger partial charge in [-0.2, -0.15) is 4.98 Å². The summed E-state index contributed by atoms with van der Waals surface area (Å²) in [4.78, 5) is 14.5. The molecule has 0 unspecified atom stereocenters. The predicted octanol–water partition coefficient (Wildman–Crippen LogP) is 2.22. The molecule has 0 amide bonds. The number of carboxylic acid groups (broad SMARTS) is 1. The minimum atomic E-state index is -1.08. The number of oxazole rings is 1. The normalized spacial score (nSPS) is 21.8. The summed E-state index contributed by atoms with van der Waals surface area (Å²) in [7, 11) is 0. The number of aromatic nitrogens is 1. The van der Waals surface area contributed by atoms with Crippen LogP contribution in [0, 0.1) is 10.8 Å². The van der Waals surface area contributed by atoms with Crippen molar-refractivity contribution < 1.29 is 14.3 Å². The highest BCUT2D eigenvalue weighted by atomic mass is 16.4. The van der Waals surface area contributed by atoms with E-state index in [0.29, 0.717) is 0 Å². The summed E-state index contributed by atoms with van der Waals surface area (Å²) >= 11 is 0. The van der Waals surface area contributed by atoms with Gasteiger partial charge in [0, 0.05) is 6.04 Å². The molecule has 5 heteroatoms. The largest absolute Gasteiger partial charge is 0.476 e. The average molecular weight is 224 g/mol. The number of hydrogen-bond donors (Lipinski definition) is 2. The van der Waals surface area contributed by atoms with Crippen molar-refractivity contribution >= 4 is 12.0 Å². The lowest BCUT2D eigenvalue weighted by molar-refractivity contribution is 0.0690. The molecule has 0 radical (unpaired) electrons. The maximum absolute atomic E-state index is 10.6. The van der Waals surface area contributed by atoms with Crippen LogP contribution in [0.2, 0.25) is 0 Å². The molecule has 0 spiro atoms. The summed E-state index contributed by atoms with van der Waals surface area (Å²) in [5.41, 5.74) is 0.245. The van der Waals surface area contributed by atoms with Gasteiger partial charge in [0.1, 0.15) is 6.26 Å². The lowest BCUT2D eigenvalue weighted by atomic mass is 10.0. The second kappa shape index (κ2) is 2.99. The van der Waals surface area contributed by atoms with Crippen molar-refractivity contribution in [3.05, 3.63) is 12.0 Å². The Morgan fingerprint density at radius 2 is 2.00 bits per heavy atom. The fourth-order valence-corrected chi connectivity index (χ4v) is 2.12. The second-order valence-electron chi connectivity index (χ2n) is 5.36. The van der Waals surface area contributed by atoms with Crippen LogP contribution in [-0.4, -0.2) is 22.1 Å². The van der Waals surface area contributed by atoms with Gasteiger partial charge in [-0.1, -0.05) is 27.7 Å². The van der Waals surface area contributed by atoms with Gasteiger partial charge in [-0.15, -0.1) is 0 Å². The molecular weight excluding hydrogens is 208 g/mol. The molecule has 1 fully saturated rings. The number of aromatic carboxylic acids is 1. The molecule has 88 valence electrons. The minimum Gasteiger partial charge on any atom is -0.476 e. The molecule has 1 saturated carbocycles. The quantitative estimate of drug-likeness (QED) is 0.823. The summed E-state index contributed by atoms with van der Waals surface area (Å²) in [6, 6.07) is 0.529. The van der Waals surface area contributed by atoms with E-state index in [1.54, 1.807) is 0 Å². The molecule has 5 nitrogen and oxygen atoms in total. The Kier molecular flexibility index (Phi) is 2.05. The van der Waals surface area contributed by atoms with E-state index in [4.69, 9.17) is 9.52 Å². The highest BCUT2D eigenvalue weighted by Crippen LogP contribution is 2.63. The topological polar surface area (TPSA) is 75.4 Å². The summed E-state index contributed by atoms with van der Waals surface area (Å²) in [6.45, 7) is 8.63. The van der Waals surface area contributed by atoms with Crippen molar-refractivity contribution in [2.45, 2.75) is 33.7 Å². The SMILES string of the molecule is CC1(C)C(Nc2nc(C(=O)O)co2)C1(C)C. The maximum Gasteiger partial charge on any atom is 0.357 e. The molecule has 1 aliphatic rings. The van der Waals surface area contributed by atoms with E-state index in [1.807, 2.05) is 0 Å². The van der Waals surface area contributed by atoms with Gasteiger partial charge in [0.2, 0.25) is 0 Å². The van der Waals surface area contributed by atoms with Crippen LogP contribution < -0.4 is 5.32 Å².